The molecule has 2 aromatic carbocycles. The molecule has 0 saturated carbocycles. The van der Waals surface area contributed by atoms with E-state index in [4.69, 9.17) is 9.47 Å². The number of ether oxygens (including phenoxy) is 2. The summed E-state index contributed by atoms with van der Waals surface area (Å²) in [6.07, 6.45) is 0. The number of methoxy groups -OCH3 is 2. The Kier molecular flexibility index (Phi) is 6.58. The minimum absolute atomic E-state index is 0. The Balaban J connectivity index is 0.00000200. The first-order chi connectivity index (χ1) is 9.24. The van der Waals surface area contributed by atoms with Gasteiger partial charge in [0.05, 0.1) is 19.8 Å². The van der Waals surface area contributed by atoms with E-state index < -0.39 is 0 Å². The van der Waals surface area contributed by atoms with Gasteiger partial charge in [0.2, 0.25) is 0 Å². The van der Waals surface area contributed by atoms with Crippen molar-refractivity contribution in [1.82, 2.24) is 0 Å². The van der Waals surface area contributed by atoms with Crippen molar-refractivity contribution >= 4 is 41.2 Å². The monoisotopic (exact) mass is 280 g/mol. The van der Waals surface area contributed by atoms with E-state index in [1.165, 1.54) is 7.11 Å². The van der Waals surface area contributed by atoms with E-state index in [9.17, 15) is 4.79 Å². The number of amides is 1. The molecule has 0 unspecified atom stereocenters. The molecule has 2 aromatic rings. The van der Waals surface area contributed by atoms with Crippen LogP contribution in [0.3, 0.4) is 0 Å². The van der Waals surface area contributed by atoms with Gasteiger partial charge in [-0.2, -0.15) is 0 Å². The third kappa shape index (κ3) is 4.00. The smallest absolute Gasteiger partial charge is 0.259 e. The molecule has 2 rings (SSSR count). The summed E-state index contributed by atoms with van der Waals surface area (Å²) in [7, 11) is 3.09. The Labute approximate surface area is 140 Å². The molecule has 5 heteroatoms. The fourth-order valence-corrected chi connectivity index (χ4v) is 1.71. The van der Waals surface area contributed by atoms with Crippen LogP contribution in [-0.4, -0.2) is 49.7 Å². The Morgan fingerprint density at radius 2 is 1.70 bits per heavy atom. The van der Waals surface area contributed by atoms with Crippen molar-refractivity contribution in [1.29, 1.82) is 0 Å². The molecule has 0 spiro atoms. The molecule has 0 aliphatic heterocycles. The van der Waals surface area contributed by atoms with Crippen molar-refractivity contribution < 1.29 is 14.3 Å². The van der Waals surface area contributed by atoms with Crippen molar-refractivity contribution in [3.05, 3.63) is 54.1 Å². The van der Waals surface area contributed by atoms with E-state index in [0.29, 0.717) is 17.1 Å². The molecule has 0 bridgehead atoms. The molecular formula is C15H15NNaO3. The van der Waals surface area contributed by atoms with Crippen molar-refractivity contribution in [3.63, 3.8) is 0 Å². The number of benzene rings is 2. The average molecular weight is 280 g/mol. The van der Waals surface area contributed by atoms with Gasteiger partial charge in [0.15, 0.2) is 0 Å². The fraction of sp³-hybridized carbons (Fsp3) is 0.133. The topological polar surface area (TPSA) is 47.6 Å². The maximum absolute atomic E-state index is 12.2. The van der Waals surface area contributed by atoms with Crippen LogP contribution in [0.25, 0.3) is 0 Å². The molecule has 0 fully saturated rings. The minimum atomic E-state index is -0.217. The number of para-hydroxylation sites is 1. The van der Waals surface area contributed by atoms with Gasteiger partial charge in [-0.05, 0) is 24.3 Å². The molecule has 0 aromatic heterocycles. The first kappa shape index (κ1) is 16.6. The zero-order valence-corrected chi connectivity index (χ0v) is 13.8. The summed E-state index contributed by atoms with van der Waals surface area (Å²) in [5.74, 6) is 0.909. The van der Waals surface area contributed by atoms with Gasteiger partial charge in [-0.25, -0.2) is 0 Å². The summed E-state index contributed by atoms with van der Waals surface area (Å²) in [6.45, 7) is 0. The van der Waals surface area contributed by atoms with Gasteiger partial charge < -0.3 is 14.8 Å². The number of carbonyl (C=O) groups is 1. The summed E-state index contributed by atoms with van der Waals surface area (Å²) in [5, 5.41) is 2.81. The van der Waals surface area contributed by atoms with E-state index in [1.807, 2.05) is 30.3 Å². The molecule has 0 aliphatic carbocycles. The van der Waals surface area contributed by atoms with Gasteiger partial charge in [0.25, 0.3) is 5.91 Å². The van der Waals surface area contributed by atoms with Gasteiger partial charge in [-0.1, -0.05) is 18.2 Å². The molecule has 20 heavy (non-hydrogen) atoms. The Morgan fingerprint density at radius 3 is 2.30 bits per heavy atom. The Morgan fingerprint density at radius 1 is 1.00 bits per heavy atom. The summed E-state index contributed by atoms with van der Waals surface area (Å²) < 4.78 is 10.3. The van der Waals surface area contributed by atoms with Gasteiger partial charge >= 0.3 is 0 Å². The van der Waals surface area contributed by atoms with Crippen LogP contribution < -0.4 is 14.8 Å². The predicted octanol–water partition coefficient (Wildman–Crippen LogP) is 2.58. The predicted molar refractivity (Wildman–Crippen MR) is 79.7 cm³/mol. The quantitative estimate of drug-likeness (QED) is 0.876. The van der Waals surface area contributed by atoms with Crippen LogP contribution in [0.15, 0.2) is 48.5 Å². The summed E-state index contributed by atoms with van der Waals surface area (Å²) in [4.78, 5) is 12.2. The molecule has 1 N–H and O–H groups in total. The van der Waals surface area contributed by atoms with Gasteiger partial charge in [0, 0.05) is 41.3 Å². The Bertz CT molecular complexity index is 573. The van der Waals surface area contributed by atoms with Crippen LogP contribution in [0.5, 0.6) is 11.5 Å². The number of hydrogen-bond donors (Lipinski definition) is 1. The van der Waals surface area contributed by atoms with Gasteiger partial charge in [-0.15, -0.1) is 0 Å². The molecule has 1 radical (unpaired) electrons. The second-order valence-electron chi connectivity index (χ2n) is 3.89. The molecule has 0 atom stereocenters. The van der Waals surface area contributed by atoms with E-state index in [1.54, 1.807) is 25.3 Å². The van der Waals surface area contributed by atoms with Crippen molar-refractivity contribution in [2.24, 2.45) is 0 Å². The zero-order valence-electron chi connectivity index (χ0n) is 11.8. The fourth-order valence-electron chi connectivity index (χ4n) is 1.71. The maximum Gasteiger partial charge on any atom is 0.259 e. The molecule has 0 aliphatic rings. The van der Waals surface area contributed by atoms with E-state index in [-0.39, 0.29) is 35.5 Å². The number of nitrogens with one attached hydrogen (secondary N) is 1. The van der Waals surface area contributed by atoms with Crippen LogP contribution in [0.1, 0.15) is 10.4 Å². The molecule has 4 nitrogen and oxygen atoms in total. The van der Waals surface area contributed by atoms with E-state index >= 15 is 0 Å². The zero-order chi connectivity index (χ0) is 13.7. The number of rotatable bonds is 4. The Hall–Kier alpha value is -1.49. The number of hydrogen-bond acceptors (Lipinski definition) is 3. The van der Waals surface area contributed by atoms with Gasteiger partial charge in [-0.3, -0.25) is 4.79 Å². The van der Waals surface area contributed by atoms with Crippen molar-refractivity contribution in [3.8, 4) is 11.5 Å². The minimum Gasteiger partial charge on any atom is -0.497 e. The SMILES string of the molecule is COc1ccc(C(=O)Nc2ccccc2)c(OC)c1.[Na]. The summed E-state index contributed by atoms with van der Waals surface area (Å²) in [6, 6.07) is 14.4. The largest absolute Gasteiger partial charge is 0.497 e. The van der Waals surface area contributed by atoms with Crippen LogP contribution in [0.2, 0.25) is 0 Å². The standard InChI is InChI=1S/C15H15NO3.Na/c1-18-12-8-9-13(14(10-12)19-2)15(17)16-11-6-4-3-5-7-11;/h3-10H,1-2H3,(H,16,17);. The van der Waals surface area contributed by atoms with Gasteiger partial charge in [0.1, 0.15) is 11.5 Å². The second kappa shape index (κ2) is 7.94. The molecule has 0 heterocycles. The van der Waals surface area contributed by atoms with Crippen LogP contribution in [-0.2, 0) is 0 Å². The van der Waals surface area contributed by atoms with E-state index in [0.717, 1.165) is 5.69 Å². The van der Waals surface area contributed by atoms with Crippen LogP contribution in [0, 0.1) is 0 Å². The van der Waals surface area contributed by atoms with Crippen LogP contribution >= 0.6 is 0 Å². The molecular weight excluding hydrogens is 265 g/mol. The number of anilines is 1. The summed E-state index contributed by atoms with van der Waals surface area (Å²) in [5.41, 5.74) is 1.21. The van der Waals surface area contributed by atoms with Crippen molar-refractivity contribution in [2.75, 3.05) is 19.5 Å². The van der Waals surface area contributed by atoms with Crippen molar-refractivity contribution in [2.45, 2.75) is 0 Å². The first-order valence-corrected chi connectivity index (χ1v) is 5.83. The summed E-state index contributed by atoms with van der Waals surface area (Å²) >= 11 is 0. The normalized spacial score (nSPS) is 9.30. The molecule has 0 saturated heterocycles. The first-order valence-electron chi connectivity index (χ1n) is 5.83. The maximum atomic E-state index is 12.2. The third-order valence-electron chi connectivity index (χ3n) is 2.68. The molecule has 99 valence electrons. The van der Waals surface area contributed by atoms with E-state index in [2.05, 4.69) is 5.32 Å². The number of carbonyl (C=O) groups excluding carboxylic acids is 1. The second-order valence-corrected chi connectivity index (χ2v) is 3.89. The third-order valence-corrected chi connectivity index (χ3v) is 2.68. The van der Waals surface area contributed by atoms with Crippen LogP contribution in [0.4, 0.5) is 5.69 Å². The average Bonchev–Trinajstić information content (AvgIpc) is 2.47. The molecule has 1 amide bonds.